The number of carbonyl (C=O) groups excluding carboxylic acids is 2. The molecule has 2 N–H and O–H groups in total. The first-order valence-corrected chi connectivity index (χ1v) is 10.0. The van der Waals surface area contributed by atoms with Crippen LogP contribution in [0.3, 0.4) is 0 Å². The largest absolute Gasteiger partial charge is 0.491 e. The highest BCUT2D eigenvalue weighted by atomic mass is 16.5. The minimum Gasteiger partial charge on any atom is -0.491 e. The van der Waals surface area contributed by atoms with Crippen molar-refractivity contribution in [1.82, 2.24) is 10.2 Å². The van der Waals surface area contributed by atoms with Gasteiger partial charge in [-0.1, -0.05) is 32.9 Å². The van der Waals surface area contributed by atoms with Gasteiger partial charge in [0.05, 0.1) is 12.2 Å². The quantitative estimate of drug-likeness (QED) is 0.493. The van der Waals surface area contributed by atoms with Crippen molar-refractivity contribution in [3.8, 4) is 5.75 Å². The summed E-state index contributed by atoms with van der Waals surface area (Å²) in [5.41, 5.74) is -0.0350. The normalized spacial score (nSPS) is 18.3. The summed E-state index contributed by atoms with van der Waals surface area (Å²) in [6, 6.07) is 3.96. The molecular formula is C22H32N2O6. The maximum absolute atomic E-state index is 12.9. The molecule has 166 valence electrons. The molecule has 1 aromatic rings. The Balaban J connectivity index is 2.05. The van der Waals surface area contributed by atoms with Gasteiger partial charge in [-0.05, 0) is 50.3 Å². The van der Waals surface area contributed by atoms with Gasteiger partial charge in [0.2, 0.25) is 0 Å². The van der Waals surface area contributed by atoms with Crippen molar-refractivity contribution in [3.05, 3.63) is 29.8 Å². The molecule has 0 bridgehead atoms. The van der Waals surface area contributed by atoms with Crippen LogP contribution in [0.2, 0.25) is 0 Å². The Morgan fingerprint density at radius 1 is 1.10 bits per heavy atom. The Bertz CT molecular complexity index is 776. The van der Waals surface area contributed by atoms with Crippen molar-refractivity contribution in [3.63, 3.8) is 0 Å². The minimum atomic E-state index is -1.21. The molecule has 0 aliphatic carbocycles. The van der Waals surface area contributed by atoms with E-state index in [1.807, 2.05) is 41.5 Å². The van der Waals surface area contributed by atoms with Crippen LogP contribution >= 0.6 is 0 Å². The van der Waals surface area contributed by atoms with Crippen LogP contribution in [0, 0.1) is 5.41 Å². The number of hydrogen-bond acceptors (Lipinski definition) is 5. The molecule has 2 atom stereocenters. The van der Waals surface area contributed by atoms with Crippen molar-refractivity contribution >= 4 is 17.9 Å². The third-order valence-electron chi connectivity index (χ3n) is 4.47. The number of aliphatic carboxylic acids is 1. The van der Waals surface area contributed by atoms with Gasteiger partial charge in [0.1, 0.15) is 24.4 Å². The summed E-state index contributed by atoms with van der Waals surface area (Å²) in [5, 5.41) is 12.2. The van der Waals surface area contributed by atoms with Crippen molar-refractivity contribution < 1.29 is 29.0 Å². The van der Waals surface area contributed by atoms with Gasteiger partial charge >= 0.3 is 12.0 Å². The fourth-order valence-corrected chi connectivity index (χ4v) is 3.15. The number of benzene rings is 1. The van der Waals surface area contributed by atoms with Crippen molar-refractivity contribution in [1.29, 1.82) is 0 Å². The second-order valence-corrected chi connectivity index (χ2v) is 9.59. The highest BCUT2D eigenvalue weighted by molar-refractivity contribution is 6.07. The number of urea groups is 1. The first kappa shape index (κ1) is 23.7. The van der Waals surface area contributed by atoms with E-state index < -0.39 is 30.0 Å². The molecule has 0 radical (unpaired) electrons. The average molecular weight is 421 g/mol. The summed E-state index contributed by atoms with van der Waals surface area (Å²) < 4.78 is 11.2. The van der Waals surface area contributed by atoms with Crippen LogP contribution < -0.4 is 10.1 Å². The lowest BCUT2D eigenvalue weighted by molar-refractivity contribution is -0.148. The number of carboxylic acid groups (broad SMARTS) is 1. The molecule has 1 fully saturated rings. The number of carbonyl (C=O) groups is 3. The summed E-state index contributed by atoms with van der Waals surface area (Å²) in [4.78, 5) is 37.8. The summed E-state index contributed by atoms with van der Waals surface area (Å²) in [6.07, 6.45) is 0.164. The molecule has 1 aliphatic rings. The van der Waals surface area contributed by atoms with Crippen LogP contribution in [0.5, 0.6) is 5.75 Å². The van der Waals surface area contributed by atoms with E-state index in [4.69, 9.17) is 9.47 Å². The van der Waals surface area contributed by atoms with Crippen molar-refractivity contribution in [2.45, 2.75) is 65.6 Å². The molecular weight excluding hydrogens is 388 g/mol. The predicted octanol–water partition coefficient (Wildman–Crippen LogP) is 3.36. The summed E-state index contributed by atoms with van der Waals surface area (Å²) in [7, 11) is 0. The average Bonchev–Trinajstić information content (AvgIpc) is 2.90. The first-order valence-electron chi connectivity index (χ1n) is 10.0. The molecule has 30 heavy (non-hydrogen) atoms. The van der Waals surface area contributed by atoms with Gasteiger partial charge in [-0.15, -0.1) is 0 Å². The van der Waals surface area contributed by atoms with E-state index in [-0.39, 0.29) is 17.4 Å². The van der Waals surface area contributed by atoms with E-state index >= 15 is 0 Å². The molecule has 0 aromatic heterocycles. The van der Waals surface area contributed by atoms with E-state index in [1.54, 1.807) is 24.3 Å². The molecule has 1 aliphatic heterocycles. The zero-order valence-electron chi connectivity index (χ0n) is 18.5. The number of nitrogens with one attached hydrogen (secondary N) is 1. The molecule has 1 saturated heterocycles. The van der Waals surface area contributed by atoms with E-state index in [9.17, 15) is 19.5 Å². The standard InChI is InChI=1S/C22H32N2O6/c1-21(2,3)13-16(19(26)27)24-18(25)17(23-20(24)28)14-7-9-15(10-8-14)29-11-12-30-22(4,5)6/h7-10,16-17H,11-13H2,1-6H3,(H,23,28)(H,26,27)/t16-,17+/m0/s1. The molecule has 0 unspecified atom stereocenters. The van der Waals surface area contributed by atoms with E-state index in [2.05, 4.69) is 5.32 Å². The fraction of sp³-hybridized carbons (Fsp3) is 0.591. The number of amides is 3. The van der Waals surface area contributed by atoms with E-state index in [0.717, 1.165) is 4.90 Å². The molecule has 1 heterocycles. The predicted molar refractivity (Wildman–Crippen MR) is 111 cm³/mol. The van der Waals surface area contributed by atoms with Gasteiger partial charge in [-0.25, -0.2) is 14.5 Å². The Hall–Kier alpha value is -2.61. The zero-order chi connectivity index (χ0) is 22.7. The molecule has 2 rings (SSSR count). The maximum Gasteiger partial charge on any atom is 0.327 e. The second-order valence-electron chi connectivity index (χ2n) is 9.59. The number of hydrogen-bond donors (Lipinski definition) is 2. The SMILES string of the molecule is CC(C)(C)C[C@@H](C(=O)O)N1C(=O)N[C@H](c2ccc(OCCOC(C)(C)C)cc2)C1=O. The van der Waals surface area contributed by atoms with Gasteiger partial charge in [0.25, 0.3) is 5.91 Å². The second kappa shape index (κ2) is 9.04. The smallest absolute Gasteiger partial charge is 0.327 e. The Kier molecular flexibility index (Phi) is 7.13. The van der Waals surface area contributed by atoms with Gasteiger partial charge in [-0.2, -0.15) is 0 Å². The van der Waals surface area contributed by atoms with Gasteiger partial charge in [0, 0.05) is 0 Å². The molecule has 8 nitrogen and oxygen atoms in total. The van der Waals surface area contributed by atoms with E-state index in [0.29, 0.717) is 24.5 Å². The van der Waals surface area contributed by atoms with Crippen LogP contribution in [0.4, 0.5) is 4.79 Å². The number of rotatable bonds is 8. The monoisotopic (exact) mass is 420 g/mol. The Morgan fingerprint density at radius 2 is 1.70 bits per heavy atom. The van der Waals surface area contributed by atoms with Crippen molar-refractivity contribution in [2.24, 2.45) is 5.41 Å². The van der Waals surface area contributed by atoms with Crippen LogP contribution in [0.1, 0.15) is 59.6 Å². The molecule has 0 spiro atoms. The van der Waals surface area contributed by atoms with E-state index in [1.165, 1.54) is 0 Å². The number of nitrogens with zero attached hydrogens (tertiary/aromatic N) is 1. The van der Waals surface area contributed by atoms with Crippen molar-refractivity contribution in [2.75, 3.05) is 13.2 Å². The highest BCUT2D eigenvalue weighted by Crippen LogP contribution is 2.30. The van der Waals surface area contributed by atoms with Crippen LogP contribution in [-0.2, 0) is 14.3 Å². The topological polar surface area (TPSA) is 105 Å². The number of imide groups is 1. The van der Waals surface area contributed by atoms with Gasteiger partial charge in [0.15, 0.2) is 0 Å². The van der Waals surface area contributed by atoms with Gasteiger partial charge < -0.3 is 19.9 Å². The first-order chi connectivity index (χ1) is 13.8. The van der Waals surface area contributed by atoms with Crippen LogP contribution in [0.25, 0.3) is 0 Å². The fourth-order valence-electron chi connectivity index (χ4n) is 3.15. The summed E-state index contributed by atoms with van der Waals surface area (Å²) in [6.45, 7) is 12.3. The van der Waals surface area contributed by atoms with Crippen LogP contribution in [0.15, 0.2) is 24.3 Å². The lowest BCUT2D eigenvalue weighted by atomic mass is 9.87. The lowest BCUT2D eigenvalue weighted by Crippen LogP contribution is -2.47. The van der Waals surface area contributed by atoms with Crippen LogP contribution in [-0.4, -0.2) is 52.8 Å². The zero-order valence-corrected chi connectivity index (χ0v) is 18.5. The molecule has 0 saturated carbocycles. The number of ether oxygens (including phenoxy) is 2. The lowest BCUT2D eigenvalue weighted by Gasteiger charge is -2.28. The molecule has 1 aromatic carbocycles. The third kappa shape index (κ3) is 6.45. The third-order valence-corrected chi connectivity index (χ3v) is 4.47. The Morgan fingerprint density at radius 3 is 2.20 bits per heavy atom. The highest BCUT2D eigenvalue weighted by Gasteiger charge is 2.46. The molecule has 3 amide bonds. The Labute approximate surface area is 177 Å². The minimum absolute atomic E-state index is 0.164. The summed E-state index contributed by atoms with van der Waals surface area (Å²) >= 11 is 0. The van der Waals surface area contributed by atoms with Gasteiger partial charge in [-0.3, -0.25) is 4.79 Å². The number of carboxylic acids is 1. The summed E-state index contributed by atoms with van der Waals surface area (Å²) in [5.74, 6) is -1.15. The maximum atomic E-state index is 12.9. The molecule has 8 heteroatoms.